The van der Waals surface area contributed by atoms with Gasteiger partial charge in [0.25, 0.3) is 0 Å². The second-order valence-electron chi connectivity index (χ2n) is 11.1. The Labute approximate surface area is 281 Å². The van der Waals surface area contributed by atoms with Gasteiger partial charge in [-0.1, -0.05) is 115 Å². The van der Waals surface area contributed by atoms with E-state index >= 15 is 0 Å². The molecule has 10 heteroatoms. The fourth-order valence-corrected chi connectivity index (χ4v) is 7.90. The second kappa shape index (κ2) is 16.9. The van der Waals surface area contributed by atoms with Crippen molar-refractivity contribution in [1.82, 2.24) is 0 Å². The minimum Gasteiger partial charge on any atom is -0.463 e. The number of carbonyl (C=O) groups is 3. The molecule has 0 aromatic heterocycles. The van der Waals surface area contributed by atoms with Gasteiger partial charge in [0.1, 0.15) is 18.8 Å². The molecule has 0 radical (unpaired) electrons. The molecule has 0 aliphatic carbocycles. The first-order valence-corrected chi connectivity index (χ1v) is 17.0. The summed E-state index contributed by atoms with van der Waals surface area (Å²) in [7, 11) is -0.965. The van der Waals surface area contributed by atoms with E-state index in [2.05, 4.69) is 30.3 Å². The summed E-state index contributed by atoms with van der Waals surface area (Å²) in [5.41, 5.74) is 1.74. The van der Waals surface area contributed by atoms with Crippen LogP contribution in [-0.2, 0) is 44.7 Å². The molecule has 1 saturated heterocycles. The molecular weight excluding hydrogens is 629 g/mol. The average molecular weight is 668 g/mol. The van der Waals surface area contributed by atoms with Gasteiger partial charge in [0.05, 0.1) is 6.61 Å². The van der Waals surface area contributed by atoms with Gasteiger partial charge in [0.15, 0.2) is 18.5 Å². The Morgan fingerprint density at radius 3 is 1.83 bits per heavy atom. The number of esters is 3. The number of ether oxygens (including phenoxy) is 5. The van der Waals surface area contributed by atoms with Crippen molar-refractivity contribution in [2.75, 3.05) is 6.61 Å². The summed E-state index contributed by atoms with van der Waals surface area (Å²) in [5, 5.41) is 3.41. The van der Waals surface area contributed by atoms with Gasteiger partial charge in [-0.25, -0.2) is 0 Å². The number of hydrogen-bond donors (Lipinski definition) is 0. The van der Waals surface area contributed by atoms with Crippen molar-refractivity contribution < 1.29 is 38.1 Å². The van der Waals surface area contributed by atoms with Gasteiger partial charge in [-0.15, -0.1) is 0 Å². The highest BCUT2D eigenvalue weighted by Gasteiger charge is 2.51. The van der Waals surface area contributed by atoms with E-state index in [1.165, 1.54) is 31.4 Å². The molecule has 1 fully saturated rings. The zero-order valence-electron chi connectivity index (χ0n) is 27.0. The third-order valence-corrected chi connectivity index (χ3v) is 10.0. The van der Waals surface area contributed by atoms with Crippen molar-refractivity contribution in [3.8, 4) is 0 Å². The fraction of sp³-hybridized carbons (Fsp3) is 0.263. The molecule has 0 saturated carbocycles. The zero-order chi connectivity index (χ0) is 33.9. The third kappa shape index (κ3) is 9.22. The highest BCUT2D eigenvalue weighted by molar-refractivity contribution is 7.80. The molecule has 1 aliphatic rings. The van der Waals surface area contributed by atoms with E-state index in [-0.39, 0.29) is 13.2 Å². The van der Waals surface area contributed by atoms with E-state index in [1.807, 2.05) is 84.9 Å². The molecule has 5 atom stereocenters. The molecule has 248 valence electrons. The standard InChI is InChI=1S/C38H38NO8P/c1-26(40)43-25-33-36(45-27(2)41)37(46-28(3)42)35(38(47-33)44-24-29-15-7-4-8-16-29)39-23-30-17-13-14-22-34(30)48(31-18-9-5-10-19-31)32-20-11-6-12-21-32/h4-23,33,35-38H,24-25H2,1-3H3/t33-,35-,36-,37-,38-/m1/s1. The average Bonchev–Trinajstić information content (AvgIpc) is 3.08. The SMILES string of the molecule is CC(=O)OC[C@H]1O[C@@H](OCc2ccccc2)[C@H](N=Cc2ccccc2P(c2ccccc2)c2ccccc2)[C@@H](OC(C)=O)[C@@H]1OC(C)=O. The van der Waals surface area contributed by atoms with Crippen LogP contribution in [0.1, 0.15) is 31.9 Å². The van der Waals surface area contributed by atoms with Crippen LogP contribution in [0.4, 0.5) is 0 Å². The Bertz CT molecular complexity index is 1650. The topological polar surface area (TPSA) is 110 Å². The summed E-state index contributed by atoms with van der Waals surface area (Å²) in [4.78, 5) is 41.5. The molecule has 5 rings (SSSR count). The minimum atomic E-state index is -1.13. The highest BCUT2D eigenvalue weighted by Crippen LogP contribution is 2.34. The Morgan fingerprint density at radius 1 is 0.708 bits per heavy atom. The second-order valence-corrected chi connectivity index (χ2v) is 13.3. The molecule has 0 unspecified atom stereocenters. The lowest BCUT2D eigenvalue weighted by molar-refractivity contribution is -0.276. The minimum absolute atomic E-state index is 0.159. The summed E-state index contributed by atoms with van der Waals surface area (Å²) < 4.78 is 29.3. The quantitative estimate of drug-likeness (QED) is 0.0934. The number of carbonyl (C=O) groups excluding carboxylic acids is 3. The summed E-state index contributed by atoms with van der Waals surface area (Å²) in [6.45, 7) is 3.68. The zero-order valence-corrected chi connectivity index (χ0v) is 27.9. The van der Waals surface area contributed by atoms with E-state index in [1.54, 1.807) is 6.21 Å². The molecule has 9 nitrogen and oxygen atoms in total. The van der Waals surface area contributed by atoms with Crippen LogP contribution in [0.15, 0.2) is 120 Å². The van der Waals surface area contributed by atoms with Gasteiger partial charge < -0.3 is 23.7 Å². The first-order chi connectivity index (χ1) is 23.3. The molecule has 4 aromatic rings. The van der Waals surface area contributed by atoms with Crippen molar-refractivity contribution >= 4 is 48.0 Å². The number of aliphatic imine (C=N–C) groups is 1. The predicted octanol–water partition coefficient (Wildman–Crippen LogP) is 4.60. The van der Waals surface area contributed by atoms with Crippen LogP contribution < -0.4 is 15.9 Å². The summed E-state index contributed by atoms with van der Waals surface area (Å²) >= 11 is 0. The lowest BCUT2D eigenvalue weighted by atomic mass is 9.96. The molecule has 48 heavy (non-hydrogen) atoms. The van der Waals surface area contributed by atoms with Crippen LogP contribution in [-0.4, -0.2) is 61.4 Å². The van der Waals surface area contributed by atoms with Crippen molar-refractivity contribution in [2.24, 2.45) is 4.99 Å². The van der Waals surface area contributed by atoms with Gasteiger partial charge in [-0.2, -0.15) is 0 Å². The largest absolute Gasteiger partial charge is 0.463 e. The normalized spacial score (nSPS) is 20.7. The smallest absolute Gasteiger partial charge is 0.303 e. The van der Waals surface area contributed by atoms with E-state index in [9.17, 15) is 14.4 Å². The number of nitrogens with zero attached hydrogens (tertiary/aromatic N) is 1. The lowest BCUT2D eigenvalue weighted by Gasteiger charge is -2.43. The Morgan fingerprint density at radius 2 is 1.25 bits per heavy atom. The maximum Gasteiger partial charge on any atom is 0.303 e. The third-order valence-electron chi connectivity index (χ3n) is 7.52. The van der Waals surface area contributed by atoms with Crippen molar-refractivity contribution in [3.63, 3.8) is 0 Å². The van der Waals surface area contributed by atoms with Crippen molar-refractivity contribution in [2.45, 2.75) is 58.0 Å². The van der Waals surface area contributed by atoms with Gasteiger partial charge in [-0.05, 0) is 29.4 Å². The van der Waals surface area contributed by atoms with Gasteiger partial charge >= 0.3 is 17.9 Å². The molecule has 0 amide bonds. The Hall–Kier alpha value is -4.69. The first-order valence-electron chi connectivity index (χ1n) is 15.6. The summed E-state index contributed by atoms with van der Waals surface area (Å²) in [5.74, 6) is -1.78. The van der Waals surface area contributed by atoms with Crippen LogP contribution in [0.25, 0.3) is 0 Å². The van der Waals surface area contributed by atoms with Crippen molar-refractivity contribution in [3.05, 3.63) is 126 Å². The van der Waals surface area contributed by atoms with E-state index < -0.39 is 56.5 Å². The van der Waals surface area contributed by atoms with Crippen LogP contribution >= 0.6 is 7.92 Å². The maximum absolute atomic E-state index is 12.5. The van der Waals surface area contributed by atoms with E-state index in [0.717, 1.165) is 16.4 Å². The van der Waals surface area contributed by atoms with Crippen molar-refractivity contribution in [1.29, 1.82) is 0 Å². The number of benzene rings is 4. The summed E-state index contributed by atoms with van der Waals surface area (Å²) in [6.07, 6.45) is -2.57. The van der Waals surface area contributed by atoms with Crippen LogP contribution in [0.3, 0.4) is 0 Å². The Balaban J connectivity index is 1.57. The maximum atomic E-state index is 12.5. The van der Waals surface area contributed by atoms with Crippen LogP contribution in [0.2, 0.25) is 0 Å². The molecule has 0 N–H and O–H groups in total. The first kappa shape index (κ1) is 34.6. The molecule has 0 bridgehead atoms. The fourth-order valence-electron chi connectivity index (χ4n) is 5.48. The highest BCUT2D eigenvalue weighted by atomic mass is 31.1. The predicted molar refractivity (Wildman–Crippen MR) is 184 cm³/mol. The van der Waals surface area contributed by atoms with Gasteiger partial charge in [0.2, 0.25) is 0 Å². The molecule has 0 spiro atoms. The summed E-state index contributed by atoms with van der Waals surface area (Å²) in [6, 6.07) is 37.2. The molecule has 1 aliphatic heterocycles. The Kier molecular flexibility index (Phi) is 12.2. The molecule has 1 heterocycles. The van der Waals surface area contributed by atoms with Gasteiger partial charge in [0, 0.05) is 32.5 Å². The van der Waals surface area contributed by atoms with E-state index in [0.29, 0.717) is 0 Å². The van der Waals surface area contributed by atoms with Crippen LogP contribution in [0.5, 0.6) is 0 Å². The van der Waals surface area contributed by atoms with Gasteiger partial charge in [-0.3, -0.25) is 19.4 Å². The monoisotopic (exact) mass is 667 g/mol. The number of rotatable bonds is 12. The molecular formula is C38H38NO8P. The van der Waals surface area contributed by atoms with Crippen LogP contribution in [0, 0.1) is 0 Å². The lowest BCUT2D eigenvalue weighted by Crippen LogP contribution is -2.61. The number of hydrogen-bond acceptors (Lipinski definition) is 9. The molecule has 4 aromatic carbocycles. The van der Waals surface area contributed by atoms with E-state index in [4.69, 9.17) is 28.7 Å².